The number of ether oxygens (including phenoxy) is 1. The molecule has 84 valence electrons. The van der Waals surface area contributed by atoms with Gasteiger partial charge in [-0.2, -0.15) is 0 Å². The highest BCUT2D eigenvalue weighted by Crippen LogP contribution is 2.17. The SMILES string of the molecule is [N-]=[N+]=NCCCNC1(C(N)=O)CCOC1. The van der Waals surface area contributed by atoms with Crippen LogP contribution in [0.3, 0.4) is 0 Å². The summed E-state index contributed by atoms with van der Waals surface area (Å²) in [7, 11) is 0. The number of carbonyl (C=O) groups is 1. The topological polar surface area (TPSA) is 113 Å². The summed E-state index contributed by atoms with van der Waals surface area (Å²) in [6, 6.07) is 0. The largest absolute Gasteiger partial charge is 0.379 e. The van der Waals surface area contributed by atoms with Gasteiger partial charge in [0.15, 0.2) is 0 Å². The fraction of sp³-hybridized carbons (Fsp3) is 0.875. The van der Waals surface area contributed by atoms with Crippen LogP contribution in [0.5, 0.6) is 0 Å². The average Bonchev–Trinajstić information content (AvgIpc) is 2.67. The van der Waals surface area contributed by atoms with Gasteiger partial charge >= 0.3 is 0 Å². The van der Waals surface area contributed by atoms with Crippen LogP contribution in [0.15, 0.2) is 5.11 Å². The minimum atomic E-state index is -0.726. The van der Waals surface area contributed by atoms with Crippen molar-refractivity contribution in [1.82, 2.24) is 5.32 Å². The second-order valence-electron chi connectivity index (χ2n) is 3.48. The average molecular weight is 213 g/mol. The normalized spacial score (nSPS) is 24.8. The maximum Gasteiger partial charge on any atom is 0.240 e. The number of azide groups is 1. The summed E-state index contributed by atoms with van der Waals surface area (Å²) in [5.74, 6) is -0.385. The minimum Gasteiger partial charge on any atom is -0.379 e. The Morgan fingerprint density at radius 3 is 3.07 bits per heavy atom. The van der Waals surface area contributed by atoms with Gasteiger partial charge < -0.3 is 15.8 Å². The molecule has 1 unspecified atom stereocenters. The zero-order valence-electron chi connectivity index (χ0n) is 8.48. The molecule has 15 heavy (non-hydrogen) atoms. The van der Waals surface area contributed by atoms with Crippen molar-refractivity contribution in [2.75, 3.05) is 26.3 Å². The predicted octanol–water partition coefficient (Wildman–Crippen LogP) is -0.0792. The number of hydrogen-bond acceptors (Lipinski definition) is 4. The van der Waals surface area contributed by atoms with Crippen LogP contribution in [0.2, 0.25) is 0 Å². The molecule has 0 aromatic heterocycles. The molecule has 1 saturated heterocycles. The summed E-state index contributed by atoms with van der Waals surface area (Å²) in [5, 5.41) is 6.47. The minimum absolute atomic E-state index is 0.323. The molecule has 1 rings (SSSR count). The smallest absolute Gasteiger partial charge is 0.240 e. The molecule has 0 aromatic rings. The first-order valence-corrected chi connectivity index (χ1v) is 4.85. The molecule has 0 saturated carbocycles. The molecule has 1 aliphatic heterocycles. The Morgan fingerprint density at radius 2 is 2.53 bits per heavy atom. The summed E-state index contributed by atoms with van der Waals surface area (Å²) in [6.07, 6.45) is 1.28. The Hall–Kier alpha value is -1.30. The number of carbonyl (C=O) groups excluding carboxylic acids is 1. The first-order valence-electron chi connectivity index (χ1n) is 4.85. The summed E-state index contributed by atoms with van der Waals surface area (Å²) >= 11 is 0. The molecule has 0 aromatic carbocycles. The molecule has 1 heterocycles. The van der Waals surface area contributed by atoms with Crippen LogP contribution in [0.1, 0.15) is 12.8 Å². The summed E-state index contributed by atoms with van der Waals surface area (Å²) in [5.41, 5.74) is 12.6. The molecule has 1 aliphatic rings. The van der Waals surface area contributed by atoms with Crippen LogP contribution < -0.4 is 11.1 Å². The van der Waals surface area contributed by atoms with E-state index in [2.05, 4.69) is 15.3 Å². The quantitative estimate of drug-likeness (QED) is 0.278. The molecule has 1 atom stereocenters. The Morgan fingerprint density at radius 1 is 1.73 bits per heavy atom. The van der Waals surface area contributed by atoms with E-state index in [0.717, 1.165) is 0 Å². The molecule has 0 radical (unpaired) electrons. The Kier molecular flexibility index (Phi) is 4.36. The number of nitrogens with zero attached hydrogens (tertiary/aromatic N) is 3. The van der Waals surface area contributed by atoms with Crippen LogP contribution in [-0.2, 0) is 9.53 Å². The third kappa shape index (κ3) is 3.09. The van der Waals surface area contributed by atoms with Crippen LogP contribution in [0.25, 0.3) is 10.4 Å². The first-order chi connectivity index (χ1) is 7.21. The van der Waals surface area contributed by atoms with E-state index in [0.29, 0.717) is 39.1 Å². The Labute approximate surface area is 87.6 Å². The molecular formula is C8H15N5O2. The van der Waals surface area contributed by atoms with E-state index < -0.39 is 5.54 Å². The van der Waals surface area contributed by atoms with Gasteiger partial charge in [0, 0.05) is 24.5 Å². The van der Waals surface area contributed by atoms with E-state index in [4.69, 9.17) is 16.0 Å². The highest BCUT2D eigenvalue weighted by molar-refractivity contribution is 5.85. The van der Waals surface area contributed by atoms with E-state index in [1.54, 1.807) is 0 Å². The lowest BCUT2D eigenvalue weighted by atomic mass is 9.98. The van der Waals surface area contributed by atoms with Crippen molar-refractivity contribution in [1.29, 1.82) is 0 Å². The van der Waals surface area contributed by atoms with Gasteiger partial charge in [0.2, 0.25) is 5.91 Å². The van der Waals surface area contributed by atoms with Gasteiger partial charge in [-0.25, -0.2) is 0 Å². The molecule has 7 heteroatoms. The highest BCUT2D eigenvalue weighted by atomic mass is 16.5. The second-order valence-corrected chi connectivity index (χ2v) is 3.48. The van der Waals surface area contributed by atoms with Crippen molar-refractivity contribution in [3.63, 3.8) is 0 Å². The number of nitrogens with one attached hydrogen (secondary N) is 1. The van der Waals surface area contributed by atoms with Gasteiger partial charge in [-0.3, -0.25) is 4.79 Å². The van der Waals surface area contributed by atoms with Gasteiger partial charge in [0.05, 0.1) is 6.61 Å². The molecule has 1 amide bonds. The number of amides is 1. The maximum atomic E-state index is 11.2. The monoisotopic (exact) mass is 213 g/mol. The zero-order valence-corrected chi connectivity index (χ0v) is 8.48. The number of rotatable bonds is 6. The summed E-state index contributed by atoms with van der Waals surface area (Å²) in [6.45, 7) is 1.88. The van der Waals surface area contributed by atoms with Crippen molar-refractivity contribution >= 4 is 5.91 Å². The van der Waals surface area contributed by atoms with Gasteiger partial charge in [-0.05, 0) is 18.5 Å². The van der Waals surface area contributed by atoms with E-state index in [1.807, 2.05) is 0 Å². The second kappa shape index (κ2) is 5.55. The molecule has 3 N–H and O–H groups in total. The molecule has 1 fully saturated rings. The van der Waals surface area contributed by atoms with Crippen molar-refractivity contribution in [2.24, 2.45) is 10.8 Å². The third-order valence-corrected chi connectivity index (χ3v) is 2.45. The maximum absolute atomic E-state index is 11.2. The van der Waals surface area contributed by atoms with Crippen LogP contribution in [0.4, 0.5) is 0 Å². The van der Waals surface area contributed by atoms with Crippen LogP contribution in [-0.4, -0.2) is 37.7 Å². The summed E-state index contributed by atoms with van der Waals surface area (Å²) in [4.78, 5) is 13.9. The number of primary amides is 1. The van der Waals surface area contributed by atoms with E-state index in [9.17, 15) is 4.79 Å². The fourth-order valence-electron chi connectivity index (χ4n) is 1.51. The van der Waals surface area contributed by atoms with Gasteiger partial charge in [-0.1, -0.05) is 5.11 Å². The lowest BCUT2D eigenvalue weighted by molar-refractivity contribution is -0.124. The number of nitrogens with two attached hydrogens (primary N) is 1. The van der Waals surface area contributed by atoms with E-state index in [1.165, 1.54) is 0 Å². The number of hydrogen-bond donors (Lipinski definition) is 2. The van der Waals surface area contributed by atoms with Gasteiger partial charge in [0.25, 0.3) is 0 Å². The third-order valence-electron chi connectivity index (χ3n) is 2.45. The molecule has 0 spiro atoms. The van der Waals surface area contributed by atoms with Crippen LogP contribution in [0, 0.1) is 0 Å². The van der Waals surface area contributed by atoms with E-state index in [-0.39, 0.29) is 5.91 Å². The van der Waals surface area contributed by atoms with Crippen molar-refractivity contribution in [3.8, 4) is 0 Å². The molecule has 7 nitrogen and oxygen atoms in total. The van der Waals surface area contributed by atoms with Crippen molar-refractivity contribution in [3.05, 3.63) is 10.4 Å². The highest BCUT2D eigenvalue weighted by Gasteiger charge is 2.39. The fourth-order valence-corrected chi connectivity index (χ4v) is 1.51. The van der Waals surface area contributed by atoms with E-state index >= 15 is 0 Å². The lowest BCUT2D eigenvalue weighted by Crippen LogP contribution is -2.56. The predicted molar refractivity (Wildman–Crippen MR) is 54.0 cm³/mol. The van der Waals surface area contributed by atoms with Crippen molar-refractivity contribution in [2.45, 2.75) is 18.4 Å². The Balaban J connectivity index is 2.33. The Bertz CT molecular complexity index is 268. The standard InChI is InChI=1S/C8H15N5O2/c9-7(14)8(2-5-15-6-8)11-3-1-4-12-13-10/h11H,1-6H2,(H2,9,14). The molecule has 0 bridgehead atoms. The lowest BCUT2D eigenvalue weighted by Gasteiger charge is -2.24. The van der Waals surface area contributed by atoms with Gasteiger partial charge in [0.1, 0.15) is 5.54 Å². The van der Waals surface area contributed by atoms with Crippen molar-refractivity contribution < 1.29 is 9.53 Å². The zero-order chi connectivity index (χ0) is 11.1. The molecular weight excluding hydrogens is 198 g/mol. The molecule has 0 aliphatic carbocycles. The van der Waals surface area contributed by atoms with Crippen LogP contribution >= 0.6 is 0 Å². The summed E-state index contributed by atoms with van der Waals surface area (Å²) < 4.78 is 5.15. The first kappa shape index (κ1) is 11.8. The van der Waals surface area contributed by atoms with Gasteiger partial charge in [-0.15, -0.1) is 0 Å².